The van der Waals surface area contributed by atoms with Crippen molar-refractivity contribution in [1.82, 2.24) is 9.55 Å². The summed E-state index contributed by atoms with van der Waals surface area (Å²) in [6.45, 7) is 8.10. The van der Waals surface area contributed by atoms with E-state index in [9.17, 15) is 4.79 Å². The minimum atomic E-state index is 0.452. The van der Waals surface area contributed by atoms with E-state index in [1.165, 1.54) is 5.56 Å². The molecule has 0 bridgehead atoms. The van der Waals surface area contributed by atoms with Gasteiger partial charge in [-0.25, -0.2) is 4.98 Å². The lowest BCUT2D eigenvalue weighted by Crippen LogP contribution is -2.06. The number of carbonyl (C=O) groups is 1. The molecule has 2 rings (SSSR count). The van der Waals surface area contributed by atoms with Gasteiger partial charge >= 0.3 is 0 Å². The number of nitrogens with zero attached hydrogens (tertiary/aromatic N) is 2. The molecule has 102 valence electrons. The molecule has 0 aliphatic carbocycles. The van der Waals surface area contributed by atoms with Crippen LogP contribution in [0.25, 0.3) is 0 Å². The molecular formula is C17H18N2O. The molecule has 0 unspecified atom stereocenters. The second-order valence-corrected chi connectivity index (χ2v) is 4.54. The highest BCUT2D eigenvalue weighted by Gasteiger charge is 2.15. The van der Waals surface area contributed by atoms with Crippen LogP contribution >= 0.6 is 0 Å². The van der Waals surface area contributed by atoms with Crippen LogP contribution in [0.5, 0.6) is 0 Å². The molecule has 0 N–H and O–H groups in total. The fourth-order valence-electron chi connectivity index (χ4n) is 2.28. The summed E-state index contributed by atoms with van der Waals surface area (Å²) in [4.78, 5) is 15.6. The Morgan fingerprint density at radius 3 is 2.50 bits per heavy atom. The largest absolute Gasteiger partial charge is 0.321 e. The SMILES string of the molecule is C=CCc1c(Cc2ccccc2)nc(C=O)n1CC=C. The molecule has 0 saturated carbocycles. The number of hydrogen-bond acceptors (Lipinski definition) is 2. The molecule has 0 aliphatic rings. The Labute approximate surface area is 119 Å². The van der Waals surface area contributed by atoms with Gasteiger partial charge in [-0.3, -0.25) is 4.79 Å². The van der Waals surface area contributed by atoms with Gasteiger partial charge in [-0.15, -0.1) is 13.2 Å². The van der Waals surface area contributed by atoms with E-state index in [0.717, 1.165) is 24.1 Å². The molecule has 1 heterocycles. The first-order valence-electron chi connectivity index (χ1n) is 6.59. The number of rotatable bonds is 7. The predicted molar refractivity (Wildman–Crippen MR) is 81.0 cm³/mol. The lowest BCUT2D eigenvalue weighted by molar-refractivity contribution is 0.111. The number of aldehydes is 1. The number of benzene rings is 1. The van der Waals surface area contributed by atoms with Gasteiger partial charge in [0.05, 0.1) is 5.69 Å². The van der Waals surface area contributed by atoms with E-state index in [0.29, 0.717) is 18.8 Å². The highest BCUT2D eigenvalue weighted by molar-refractivity contribution is 5.70. The Hall–Kier alpha value is -2.42. The summed E-state index contributed by atoms with van der Waals surface area (Å²) in [5, 5.41) is 0. The van der Waals surface area contributed by atoms with Crippen LogP contribution in [-0.4, -0.2) is 15.8 Å². The van der Waals surface area contributed by atoms with E-state index >= 15 is 0 Å². The van der Waals surface area contributed by atoms with E-state index in [2.05, 4.69) is 30.3 Å². The van der Waals surface area contributed by atoms with Crippen LogP contribution in [-0.2, 0) is 19.4 Å². The van der Waals surface area contributed by atoms with Crippen molar-refractivity contribution in [3.05, 3.63) is 78.4 Å². The minimum Gasteiger partial charge on any atom is -0.321 e. The molecule has 0 amide bonds. The summed E-state index contributed by atoms with van der Waals surface area (Å²) >= 11 is 0. The summed E-state index contributed by atoms with van der Waals surface area (Å²) in [6, 6.07) is 10.1. The standard InChI is InChI=1S/C17H18N2O/c1-3-8-16-15(12-14-9-6-5-7-10-14)18-17(13-20)19(16)11-4-2/h3-7,9-10,13H,1-2,8,11-12H2. The maximum atomic E-state index is 11.2. The fourth-order valence-corrected chi connectivity index (χ4v) is 2.28. The molecule has 1 aromatic carbocycles. The Kier molecular flexibility index (Phi) is 4.66. The maximum absolute atomic E-state index is 11.2. The van der Waals surface area contributed by atoms with Crippen molar-refractivity contribution >= 4 is 6.29 Å². The van der Waals surface area contributed by atoms with Gasteiger partial charge in [-0.1, -0.05) is 42.5 Å². The molecule has 3 heteroatoms. The fraction of sp³-hybridized carbons (Fsp3) is 0.176. The summed E-state index contributed by atoms with van der Waals surface area (Å²) in [5.74, 6) is 0.452. The smallest absolute Gasteiger partial charge is 0.185 e. The van der Waals surface area contributed by atoms with Gasteiger partial charge in [0.1, 0.15) is 0 Å². The molecule has 1 aromatic heterocycles. The van der Waals surface area contributed by atoms with Crippen molar-refractivity contribution in [2.75, 3.05) is 0 Å². The van der Waals surface area contributed by atoms with Crippen LogP contribution in [0.3, 0.4) is 0 Å². The average molecular weight is 266 g/mol. The third kappa shape index (κ3) is 2.94. The lowest BCUT2D eigenvalue weighted by atomic mass is 10.1. The Balaban J connectivity index is 2.43. The van der Waals surface area contributed by atoms with Crippen LogP contribution in [0.4, 0.5) is 0 Å². The normalized spacial score (nSPS) is 10.2. The number of carbonyl (C=O) groups excluding carboxylic acids is 1. The molecule has 3 nitrogen and oxygen atoms in total. The van der Waals surface area contributed by atoms with Crippen molar-refractivity contribution in [2.24, 2.45) is 0 Å². The quantitative estimate of drug-likeness (QED) is 0.570. The number of imidazole rings is 1. The van der Waals surface area contributed by atoms with Gasteiger partial charge in [-0.05, 0) is 5.56 Å². The van der Waals surface area contributed by atoms with Crippen molar-refractivity contribution in [1.29, 1.82) is 0 Å². The molecule has 0 saturated heterocycles. The van der Waals surface area contributed by atoms with Gasteiger partial charge in [0.15, 0.2) is 12.1 Å². The second kappa shape index (κ2) is 6.66. The first-order valence-corrected chi connectivity index (χ1v) is 6.59. The summed E-state index contributed by atoms with van der Waals surface area (Å²) in [7, 11) is 0. The van der Waals surface area contributed by atoms with Crippen LogP contribution in [0.2, 0.25) is 0 Å². The zero-order chi connectivity index (χ0) is 14.4. The van der Waals surface area contributed by atoms with Crippen LogP contribution < -0.4 is 0 Å². The topological polar surface area (TPSA) is 34.9 Å². The number of hydrogen-bond donors (Lipinski definition) is 0. The second-order valence-electron chi connectivity index (χ2n) is 4.54. The van der Waals surface area contributed by atoms with Crippen LogP contribution in [0.15, 0.2) is 55.6 Å². The van der Waals surface area contributed by atoms with Crippen molar-refractivity contribution in [3.63, 3.8) is 0 Å². The summed E-state index contributed by atoms with van der Waals surface area (Å²) < 4.78 is 1.90. The summed E-state index contributed by atoms with van der Waals surface area (Å²) in [5.41, 5.74) is 3.14. The molecule has 0 radical (unpaired) electrons. The number of aromatic nitrogens is 2. The van der Waals surface area contributed by atoms with E-state index in [1.54, 1.807) is 6.08 Å². The molecule has 0 aliphatic heterocycles. The van der Waals surface area contributed by atoms with Gasteiger partial charge in [0.25, 0.3) is 0 Å². The Bertz CT molecular complexity index is 611. The minimum absolute atomic E-state index is 0.452. The van der Waals surface area contributed by atoms with Gasteiger partial charge in [0, 0.05) is 25.1 Å². The number of allylic oxidation sites excluding steroid dienone is 2. The molecular weight excluding hydrogens is 248 g/mol. The third-order valence-electron chi connectivity index (χ3n) is 3.15. The Morgan fingerprint density at radius 2 is 1.90 bits per heavy atom. The van der Waals surface area contributed by atoms with Crippen molar-refractivity contribution < 1.29 is 4.79 Å². The first-order chi connectivity index (χ1) is 9.80. The van der Waals surface area contributed by atoms with E-state index < -0.39 is 0 Å². The maximum Gasteiger partial charge on any atom is 0.185 e. The molecule has 2 aromatic rings. The molecule has 0 spiro atoms. The highest BCUT2D eigenvalue weighted by atomic mass is 16.1. The Morgan fingerprint density at radius 1 is 1.15 bits per heavy atom. The van der Waals surface area contributed by atoms with Crippen LogP contribution in [0.1, 0.15) is 27.6 Å². The highest BCUT2D eigenvalue weighted by Crippen LogP contribution is 2.17. The predicted octanol–water partition coefficient (Wildman–Crippen LogP) is 3.20. The van der Waals surface area contributed by atoms with E-state index in [-0.39, 0.29) is 0 Å². The monoisotopic (exact) mass is 266 g/mol. The third-order valence-corrected chi connectivity index (χ3v) is 3.15. The van der Waals surface area contributed by atoms with E-state index in [1.807, 2.05) is 28.8 Å². The zero-order valence-corrected chi connectivity index (χ0v) is 11.5. The van der Waals surface area contributed by atoms with Gasteiger partial charge in [0.2, 0.25) is 0 Å². The van der Waals surface area contributed by atoms with Crippen LogP contribution in [0, 0.1) is 0 Å². The lowest BCUT2D eigenvalue weighted by Gasteiger charge is -2.07. The van der Waals surface area contributed by atoms with E-state index in [4.69, 9.17) is 0 Å². The molecule has 20 heavy (non-hydrogen) atoms. The molecule has 0 fully saturated rings. The van der Waals surface area contributed by atoms with Crippen molar-refractivity contribution in [3.8, 4) is 0 Å². The zero-order valence-electron chi connectivity index (χ0n) is 11.5. The van der Waals surface area contributed by atoms with Gasteiger partial charge in [-0.2, -0.15) is 0 Å². The average Bonchev–Trinajstić information content (AvgIpc) is 2.79. The van der Waals surface area contributed by atoms with Crippen molar-refractivity contribution in [2.45, 2.75) is 19.4 Å². The first kappa shape index (κ1) is 14.0. The molecule has 0 atom stereocenters. The summed E-state index contributed by atoms with van der Waals surface area (Å²) in [6.07, 6.45) is 5.81. The van der Waals surface area contributed by atoms with Gasteiger partial charge < -0.3 is 4.57 Å².